The van der Waals surface area contributed by atoms with Crippen LogP contribution in [-0.4, -0.2) is 101 Å². The second-order valence-corrected chi connectivity index (χ2v) is 11.6. The molecule has 0 spiro atoms. The Bertz CT molecular complexity index is 1320. The van der Waals surface area contributed by atoms with Gasteiger partial charge in [-0.3, -0.25) is 33.7 Å². The van der Waals surface area contributed by atoms with Gasteiger partial charge in [0.2, 0.25) is 11.8 Å². The van der Waals surface area contributed by atoms with Gasteiger partial charge in [0.15, 0.2) is 34.7 Å². The first-order chi connectivity index (χ1) is 18.7. The van der Waals surface area contributed by atoms with Crippen molar-refractivity contribution < 1.29 is 39.0 Å². The van der Waals surface area contributed by atoms with Gasteiger partial charge in [-0.2, -0.15) is 0 Å². The van der Waals surface area contributed by atoms with Crippen molar-refractivity contribution in [1.29, 1.82) is 0 Å². The summed E-state index contributed by atoms with van der Waals surface area (Å²) in [7, 11) is 6.56. The Morgan fingerprint density at radius 3 is 2.30 bits per heavy atom. The number of nitrogens with zero attached hydrogens (tertiary/aromatic N) is 2. The molecule has 0 radical (unpaired) electrons. The zero-order valence-electron chi connectivity index (χ0n) is 23.3. The third kappa shape index (κ3) is 4.43. The van der Waals surface area contributed by atoms with Crippen molar-refractivity contribution in [1.82, 2.24) is 15.1 Å². The van der Waals surface area contributed by atoms with Crippen LogP contribution in [0.1, 0.15) is 40.4 Å². The van der Waals surface area contributed by atoms with Gasteiger partial charge in [-0.1, -0.05) is 13.0 Å². The van der Waals surface area contributed by atoms with Crippen molar-refractivity contribution in [2.24, 2.45) is 29.4 Å². The van der Waals surface area contributed by atoms with Crippen LogP contribution >= 0.6 is 0 Å². The Kier molecular flexibility index (Phi) is 7.74. The molecule has 3 aliphatic rings. The molecule has 216 valence electrons. The third-order valence-corrected chi connectivity index (χ3v) is 8.55. The summed E-state index contributed by atoms with van der Waals surface area (Å²) in [5, 5.41) is 25.6. The lowest BCUT2D eigenvalue weighted by Gasteiger charge is -2.52. The molecule has 5 N–H and O–H groups in total. The van der Waals surface area contributed by atoms with Gasteiger partial charge in [0.25, 0.3) is 0 Å². The molecule has 1 aromatic rings. The molecular formula is C28H36N4O8. The van der Waals surface area contributed by atoms with E-state index in [-0.39, 0.29) is 43.2 Å². The average Bonchev–Trinajstić information content (AvgIpc) is 2.85. The van der Waals surface area contributed by atoms with Crippen molar-refractivity contribution in [2.45, 2.75) is 44.4 Å². The van der Waals surface area contributed by atoms with Gasteiger partial charge in [0.05, 0.1) is 24.1 Å². The molecule has 2 unspecified atom stereocenters. The van der Waals surface area contributed by atoms with Crippen LogP contribution in [-0.2, 0) is 43.4 Å². The first kappa shape index (κ1) is 29.5. The molecule has 3 aliphatic carbocycles. The lowest BCUT2D eigenvalue weighted by atomic mass is 9.52. The fourth-order valence-electron chi connectivity index (χ4n) is 6.80. The van der Waals surface area contributed by atoms with Gasteiger partial charge in [-0.15, -0.1) is 0 Å². The van der Waals surface area contributed by atoms with Crippen LogP contribution in [0.5, 0.6) is 5.75 Å². The number of nitrogens with one attached hydrogen (secondary N) is 1. The van der Waals surface area contributed by atoms with Crippen LogP contribution in [0.4, 0.5) is 0 Å². The summed E-state index contributed by atoms with van der Waals surface area (Å²) in [6.07, 6.45) is 0.705. The van der Waals surface area contributed by atoms with Crippen LogP contribution in [0.25, 0.3) is 0 Å². The van der Waals surface area contributed by atoms with Crippen LogP contribution in [0.2, 0.25) is 0 Å². The quantitative estimate of drug-likeness (QED) is 0.291. The molecular weight excluding hydrogens is 520 g/mol. The number of amides is 2. The summed E-state index contributed by atoms with van der Waals surface area (Å²) in [6, 6.07) is 0.584. The van der Waals surface area contributed by atoms with E-state index >= 15 is 0 Å². The van der Waals surface area contributed by atoms with E-state index in [2.05, 4.69) is 5.32 Å². The Morgan fingerprint density at radius 1 is 1.10 bits per heavy atom. The minimum atomic E-state index is -2.77. The molecule has 0 heterocycles. The van der Waals surface area contributed by atoms with Gasteiger partial charge >= 0.3 is 0 Å². The monoisotopic (exact) mass is 556 g/mol. The molecule has 12 heteroatoms. The topological polar surface area (TPSA) is 187 Å². The van der Waals surface area contributed by atoms with Crippen molar-refractivity contribution in [3.63, 3.8) is 0 Å². The second-order valence-electron chi connectivity index (χ2n) is 11.6. The Morgan fingerprint density at radius 2 is 1.75 bits per heavy atom. The standard InChI is InChI=1S/C28H36N4O8/c1-6-12-7-14(10-30-17(33)11-31(2)3)22(34)19-15(12)8-13-9-16-21(32(4)5)24(36)20(27(29)39)26(38)28(16,40)25(37)18(13)23(19)35/h7,13,16,18,20-21,34,40H,6,8-11H2,1-5H3,(H2,29,39)(H,30,33)/t13-,16-,18?,20?,21-,28-/m1/s1. The number of likely N-dealkylation sites (N-methyl/N-ethyl adjacent to an activating group) is 2. The average molecular weight is 557 g/mol. The molecule has 2 amide bonds. The number of Topliss-reactive ketones (excluding diaryl/α,β-unsaturated/α-hetero) is 4. The van der Waals surface area contributed by atoms with Gasteiger partial charge in [-0.05, 0) is 64.5 Å². The van der Waals surface area contributed by atoms with Crippen molar-refractivity contribution in [2.75, 3.05) is 34.7 Å². The maximum absolute atomic E-state index is 13.9. The second kappa shape index (κ2) is 10.5. The Hall–Kier alpha value is -3.48. The third-order valence-electron chi connectivity index (χ3n) is 8.55. The number of carbonyl (C=O) groups is 6. The number of rotatable bonds is 7. The number of fused-ring (bicyclic) bond motifs is 3. The molecule has 0 bridgehead atoms. The van der Waals surface area contributed by atoms with Crippen molar-refractivity contribution in [3.8, 4) is 5.75 Å². The van der Waals surface area contributed by atoms with Crippen molar-refractivity contribution >= 4 is 34.9 Å². The van der Waals surface area contributed by atoms with E-state index in [1.165, 1.54) is 4.90 Å². The maximum Gasteiger partial charge on any atom is 0.235 e. The SMILES string of the molecule is CCc1cc(CNC(=O)CN(C)C)c(O)c2c1C[C@@H]1C[C@@H]3[C@@H](N(C)C)C(=O)C(C(N)=O)C(=O)[C@]3(O)C(=O)C1C2=O. The highest BCUT2D eigenvalue weighted by Crippen LogP contribution is 2.51. The molecule has 12 nitrogen and oxygen atoms in total. The summed E-state index contributed by atoms with van der Waals surface area (Å²) in [5.41, 5.74) is 4.15. The lowest BCUT2D eigenvalue weighted by molar-refractivity contribution is -0.181. The van der Waals surface area contributed by atoms with Gasteiger partial charge < -0.3 is 26.2 Å². The minimum Gasteiger partial charge on any atom is -0.507 e. The highest BCUT2D eigenvalue weighted by atomic mass is 16.3. The number of benzene rings is 1. The van der Waals surface area contributed by atoms with Crippen LogP contribution in [0.15, 0.2) is 6.07 Å². The number of primary amides is 1. The van der Waals surface area contributed by atoms with E-state index in [0.717, 1.165) is 5.56 Å². The number of carbonyl (C=O) groups excluding carboxylic acids is 6. The first-order valence-electron chi connectivity index (χ1n) is 13.3. The number of hydrogen-bond donors (Lipinski definition) is 4. The largest absolute Gasteiger partial charge is 0.507 e. The molecule has 6 atom stereocenters. The Balaban J connectivity index is 1.79. The molecule has 0 aliphatic heterocycles. The van der Waals surface area contributed by atoms with Crippen LogP contribution in [0.3, 0.4) is 0 Å². The molecule has 1 aromatic carbocycles. The minimum absolute atomic E-state index is 0.00381. The number of aromatic hydroxyl groups is 1. The first-order valence-corrected chi connectivity index (χ1v) is 13.3. The fourth-order valence-corrected chi connectivity index (χ4v) is 6.80. The van der Waals surface area contributed by atoms with Gasteiger partial charge in [0, 0.05) is 18.0 Å². The number of hydrogen-bond acceptors (Lipinski definition) is 10. The predicted molar refractivity (Wildman–Crippen MR) is 141 cm³/mol. The molecule has 4 rings (SSSR count). The van der Waals surface area contributed by atoms with E-state index in [0.29, 0.717) is 17.5 Å². The van der Waals surface area contributed by atoms with Gasteiger partial charge in [0.1, 0.15) is 5.75 Å². The number of phenolic OH excluding ortho intramolecular Hbond substituents is 1. The summed E-state index contributed by atoms with van der Waals surface area (Å²) >= 11 is 0. The zero-order chi connectivity index (χ0) is 29.8. The van der Waals surface area contributed by atoms with E-state index in [9.17, 15) is 39.0 Å². The number of aryl methyl sites for hydroxylation is 1. The molecule has 2 fully saturated rings. The summed E-state index contributed by atoms with van der Waals surface area (Å²) in [5.74, 6) is -11.1. The van der Waals surface area contributed by atoms with E-state index < -0.39 is 64.4 Å². The fraction of sp³-hybridized carbons (Fsp3) is 0.571. The Labute approximate surface area is 231 Å². The van der Waals surface area contributed by atoms with Crippen LogP contribution < -0.4 is 11.1 Å². The van der Waals surface area contributed by atoms with E-state index in [4.69, 9.17) is 5.73 Å². The molecule has 0 aromatic heterocycles. The van der Waals surface area contributed by atoms with Crippen LogP contribution in [0, 0.1) is 23.7 Å². The summed E-state index contributed by atoms with van der Waals surface area (Å²) < 4.78 is 0. The number of ketones is 4. The summed E-state index contributed by atoms with van der Waals surface area (Å²) in [4.78, 5) is 81.8. The van der Waals surface area contributed by atoms with E-state index in [1.807, 2.05) is 6.92 Å². The van der Waals surface area contributed by atoms with E-state index in [1.54, 1.807) is 39.2 Å². The molecule has 2 saturated carbocycles. The normalized spacial score (nSPS) is 29.8. The molecule has 40 heavy (non-hydrogen) atoms. The maximum atomic E-state index is 13.9. The predicted octanol–water partition coefficient (Wildman–Crippen LogP) is -1.39. The lowest BCUT2D eigenvalue weighted by Crippen LogP contribution is -2.74. The highest BCUT2D eigenvalue weighted by Gasteiger charge is 2.69. The highest BCUT2D eigenvalue weighted by molar-refractivity contribution is 6.32. The number of nitrogens with two attached hydrogens (primary N) is 1. The number of phenols is 1. The summed E-state index contributed by atoms with van der Waals surface area (Å²) in [6.45, 7) is 1.96. The number of aliphatic hydroxyl groups is 1. The smallest absolute Gasteiger partial charge is 0.235 e. The zero-order valence-corrected chi connectivity index (χ0v) is 23.3. The van der Waals surface area contributed by atoms with Crippen molar-refractivity contribution in [3.05, 3.63) is 28.3 Å². The molecule has 0 saturated heterocycles. The van der Waals surface area contributed by atoms with Gasteiger partial charge in [-0.25, -0.2) is 0 Å².